The molecular formula is C31H32F2N4O3. The Morgan fingerprint density at radius 2 is 1.73 bits per heavy atom. The van der Waals surface area contributed by atoms with Crippen molar-refractivity contribution < 1.29 is 23.1 Å². The van der Waals surface area contributed by atoms with E-state index < -0.39 is 23.8 Å². The Labute approximate surface area is 232 Å². The third-order valence-corrected chi connectivity index (χ3v) is 8.44. The highest BCUT2D eigenvalue weighted by atomic mass is 19.2. The highest BCUT2D eigenvalue weighted by Crippen LogP contribution is 2.38. The number of piperidine rings is 1. The normalized spacial score (nSPS) is 21.5. The number of aromatic nitrogens is 1. The first-order chi connectivity index (χ1) is 19.5. The molecule has 40 heavy (non-hydrogen) atoms. The van der Waals surface area contributed by atoms with Gasteiger partial charge < -0.3 is 19.9 Å². The van der Waals surface area contributed by atoms with Gasteiger partial charge in [-0.1, -0.05) is 36.4 Å². The van der Waals surface area contributed by atoms with Gasteiger partial charge in [0, 0.05) is 37.6 Å². The number of fused-ring (bicyclic) bond motifs is 2. The average Bonchev–Trinajstić information content (AvgIpc) is 3.26. The van der Waals surface area contributed by atoms with Crippen LogP contribution in [-0.4, -0.2) is 52.6 Å². The minimum Gasteiger partial charge on any atom is -0.440 e. The highest BCUT2D eigenvalue weighted by molar-refractivity contribution is 5.91. The number of anilines is 1. The number of ether oxygens (including phenoxy) is 1. The molecule has 208 valence electrons. The first-order valence-corrected chi connectivity index (χ1v) is 14.0. The first-order valence-electron chi connectivity index (χ1n) is 14.0. The maximum Gasteiger partial charge on any atom is 0.410 e. The van der Waals surface area contributed by atoms with Crippen molar-refractivity contribution in [3.63, 3.8) is 0 Å². The number of benzene rings is 2. The van der Waals surface area contributed by atoms with Crippen LogP contribution in [0, 0.1) is 11.6 Å². The molecule has 3 amide bonds. The van der Waals surface area contributed by atoms with Crippen LogP contribution < -0.4 is 5.32 Å². The number of amides is 3. The van der Waals surface area contributed by atoms with Crippen molar-refractivity contribution in [2.75, 3.05) is 25.0 Å². The summed E-state index contributed by atoms with van der Waals surface area (Å²) in [5, 5.41) is 3.03. The van der Waals surface area contributed by atoms with E-state index in [0.29, 0.717) is 63.0 Å². The summed E-state index contributed by atoms with van der Waals surface area (Å²) in [4.78, 5) is 34.3. The molecule has 6 rings (SSSR count). The Balaban J connectivity index is 1.09. The van der Waals surface area contributed by atoms with E-state index in [1.807, 2.05) is 41.3 Å². The first kappa shape index (κ1) is 26.2. The van der Waals surface area contributed by atoms with Crippen LogP contribution in [0.15, 0.2) is 60.8 Å². The van der Waals surface area contributed by atoms with E-state index in [9.17, 15) is 18.4 Å². The van der Waals surface area contributed by atoms with Crippen LogP contribution in [0.4, 0.5) is 24.1 Å². The second-order valence-corrected chi connectivity index (χ2v) is 10.8. The molecule has 1 saturated heterocycles. The fourth-order valence-corrected chi connectivity index (χ4v) is 6.28. The van der Waals surface area contributed by atoms with E-state index in [2.05, 4.69) is 10.3 Å². The van der Waals surface area contributed by atoms with Crippen LogP contribution in [0.2, 0.25) is 0 Å². The van der Waals surface area contributed by atoms with Gasteiger partial charge >= 0.3 is 12.1 Å². The molecule has 1 fully saturated rings. The van der Waals surface area contributed by atoms with Crippen molar-refractivity contribution in [2.24, 2.45) is 0 Å². The lowest BCUT2D eigenvalue weighted by molar-refractivity contribution is 0.0435. The van der Waals surface area contributed by atoms with E-state index in [-0.39, 0.29) is 18.0 Å². The van der Waals surface area contributed by atoms with Crippen LogP contribution in [-0.2, 0) is 17.6 Å². The molecule has 1 aliphatic carbocycles. The van der Waals surface area contributed by atoms with E-state index >= 15 is 0 Å². The number of likely N-dealkylation sites (tertiary alicyclic amines) is 1. The smallest absolute Gasteiger partial charge is 0.410 e. The van der Waals surface area contributed by atoms with Crippen LogP contribution in [0.5, 0.6) is 0 Å². The summed E-state index contributed by atoms with van der Waals surface area (Å²) in [5.74, 6) is -1.93. The van der Waals surface area contributed by atoms with Gasteiger partial charge in [-0.05, 0) is 79.3 Å². The van der Waals surface area contributed by atoms with Gasteiger partial charge in [0.2, 0.25) is 0 Å². The Morgan fingerprint density at radius 1 is 0.925 bits per heavy atom. The van der Waals surface area contributed by atoms with Gasteiger partial charge in [0.25, 0.3) is 0 Å². The molecule has 0 radical (unpaired) electrons. The molecule has 2 aliphatic heterocycles. The van der Waals surface area contributed by atoms with Gasteiger partial charge in [0.15, 0.2) is 11.6 Å². The van der Waals surface area contributed by atoms with Gasteiger partial charge in [0.05, 0.1) is 5.69 Å². The molecule has 7 nitrogen and oxygen atoms in total. The molecule has 1 aromatic heterocycles. The van der Waals surface area contributed by atoms with Crippen LogP contribution in [0.3, 0.4) is 0 Å². The maximum atomic E-state index is 14.6. The molecule has 0 bridgehead atoms. The van der Waals surface area contributed by atoms with Gasteiger partial charge in [-0.3, -0.25) is 4.98 Å². The van der Waals surface area contributed by atoms with Crippen molar-refractivity contribution in [2.45, 2.75) is 56.6 Å². The van der Waals surface area contributed by atoms with Crippen molar-refractivity contribution >= 4 is 17.8 Å². The number of nitrogens with one attached hydrogen (secondary N) is 1. The Kier molecular flexibility index (Phi) is 7.36. The predicted octanol–water partition coefficient (Wildman–Crippen LogP) is 6.21. The lowest BCUT2D eigenvalue weighted by Crippen LogP contribution is -2.50. The lowest BCUT2D eigenvalue weighted by Gasteiger charge is -2.37. The second kappa shape index (κ2) is 11.2. The molecule has 3 heterocycles. The molecular weight excluding hydrogens is 514 g/mol. The molecule has 9 heteroatoms. The lowest BCUT2D eigenvalue weighted by atomic mass is 9.90. The van der Waals surface area contributed by atoms with Crippen LogP contribution in [0.1, 0.15) is 60.1 Å². The summed E-state index contributed by atoms with van der Waals surface area (Å²) in [5.41, 5.74) is 3.86. The second-order valence-electron chi connectivity index (χ2n) is 10.8. The maximum absolute atomic E-state index is 14.6. The summed E-state index contributed by atoms with van der Waals surface area (Å²) in [6.07, 6.45) is 4.28. The monoisotopic (exact) mass is 546 g/mol. The molecule has 2 atom stereocenters. The number of urea groups is 1. The van der Waals surface area contributed by atoms with E-state index in [0.717, 1.165) is 29.3 Å². The zero-order chi connectivity index (χ0) is 27.6. The third kappa shape index (κ3) is 5.24. The van der Waals surface area contributed by atoms with Crippen molar-refractivity contribution in [3.8, 4) is 0 Å². The van der Waals surface area contributed by atoms with Gasteiger partial charge in [-0.2, -0.15) is 0 Å². The minimum atomic E-state index is -0.860. The minimum absolute atomic E-state index is 0.0422. The summed E-state index contributed by atoms with van der Waals surface area (Å²) < 4.78 is 34.6. The van der Waals surface area contributed by atoms with Crippen molar-refractivity contribution in [3.05, 3.63) is 94.8 Å². The molecule has 3 aromatic rings. The average molecular weight is 547 g/mol. The summed E-state index contributed by atoms with van der Waals surface area (Å²) in [6.45, 7) is 1.61. The summed E-state index contributed by atoms with van der Waals surface area (Å²) in [7, 11) is 0. The van der Waals surface area contributed by atoms with Gasteiger partial charge in [-0.15, -0.1) is 0 Å². The standard InChI is InChI=1S/C31H32F2N4O3/c32-25-8-3-7-24(28(25)33)21-10-11-27(29-22(19-21)6-4-15-34-29)40-31(39)36-16-13-23(14-17-36)37-18-12-20-5-1-2-9-26(20)35-30(37)38/h1-9,15,21,23,27H,10-14,16-19H2,(H,35,38). The van der Waals surface area contributed by atoms with E-state index in [4.69, 9.17) is 4.74 Å². The SMILES string of the molecule is O=C(OC1CCC(c2cccc(F)c2F)Cc2cccnc21)N1CCC(N2CCc3ccccc3NC2=O)CC1. The van der Waals surface area contributed by atoms with E-state index in [1.165, 1.54) is 6.07 Å². The highest BCUT2D eigenvalue weighted by Gasteiger charge is 2.34. The van der Waals surface area contributed by atoms with E-state index in [1.54, 1.807) is 17.2 Å². The fraction of sp³-hybridized carbons (Fsp3) is 0.387. The van der Waals surface area contributed by atoms with Crippen molar-refractivity contribution in [1.82, 2.24) is 14.8 Å². The number of hydrogen-bond acceptors (Lipinski definition) is 4. The number of halogens is 2. The topological polar surface area (TPSA) is 74.8 Å². The quantitative estimate of drug-likeness (QED) is 0.396. The molecule has 0 spiro atoms. The Morgan fingerprint density at radius 3 is 2.58 bits per heavy atom. The largest absolute Gasteiger partial charge is 0.440 e. The third-order valence-electron chi connectivity index (χ3n) is 8.44. The molecule has 2 unspecified atom stereocenters. The molecule has 2 aromatic carbocycles. The number of nitrogens with zero attached hydrogens (tertiary/aromatic N) is 3. The van der Waals surface area contributed by atoms with Gasteiger partial charge in [0.1, 0.15) is 6.10 Å². The molecule has 0 saturated carbocycles. The summed E-state index contributed by atoms with van der Waals surface area (Å²) >= 11 is 0. The number of pyridine rings is 1. The van der Waals surface area contributed by atoms with Crippen LogP contribution in [0.25, 0.3) is 0 Å². The van der Waals surface area contributed by atoms with Crippen molar-refractivity contribution in [1.29, 1.82) is 0 Å². The zero-order valence-electron chi connectivity index (χ0n) is 22.2. The number of carbonyl (C=O) groups is 2. The predicted molar refractivity (Wildman–Crippen MR) is 146 cm³/mol. The summed E-state index contributed by atoms with van der Waals surface area (Å²) in [6, 6.07) is 15.8. The zero-order valence-corrected chi connectivity index (χ0v) is 22.2. The molecule has 3 aliphatic rings. The van der Waals surface area contributed by atoms with Crippen LogP contribution >= 0.6 is 0 Å². The fourth-order valence-electron chi connectivity index (χ4n) is 6.28. The Bertz CT molecular complexity index is 1410. The number of para-hydroxylation sites is 1. The number of hydrogen-bond donors (Lipinski definition) is 1. The molecule has 1 N–H and O–H groups in total. The number of rotatable bonds is 3. The Hall–Kier alpha value is -4.01. The number of carbonyl (C=O) groups excluding carboxylic acids is 2. The van der Waals surface area contributed by atoms with Gasteiger partial charge in [-0.25, -0.2) is 18.4 Å².